The van der Waals surface area contributed by atoms with Gasteiger partial charge in [-0.05, 0) is 72.2 Å². The number of aliphatic hydroxyl groups is 2. The Hall–Kier alpha value is -4.60. The third-order valence-electron chi connectivity index (χ3n) is 9.31. The summed E-state index contributed by atoms with van der Waals surface area (Å²) >= 11 is 0. The van der Waals surface area contributed by atoms with Crippen LogP contribution in [0.5, 0.6) is 0 Å². The first-order valence-electron chi connectivity index (χ1n) is 16.9. The Morgan fingerprint density at radius 1 is 0.604 bits per heavy atom. The molecule has 2 saturated heterocycles. The summed E-state index contributed by atoms with van der Waals surface area (Å²) in [7, 11) is 0. The van der Waals surface area contributed by atoms with E-state index in [0.29, 0.717) is 25.9 Å². The normalized spacial score (nSPS) is 19.7. The van der Waals surface area contributed by atoms with Crippen molar-refractivity contribution in [1.82, 2.24) is 9.80 Å². The maximum Gasteiger partial charge on any atom is 0.241 e. The van der Waals surface area contributed by atoms with Gasteiger partial charge in [0.1, 0.15) is 12.5 Å². The van der Waals surface area contributed by atoms with Crippen LogP contribution in [0.2, 0.25) is 0 Å². The summed E-state index contributed by atoms with van der Waals surface area (Å²) in [4.78, 5) is 30.1. The smallest absolute Gasteiger partial charge is 0.241 e. The van der Waals surface area contributed by atoms with E-state index in [9.17, 15) is 19.8 Å². The largest absolute Gasteiger partial charge is 0.378 e. The maximum atomic E-state index is 13.1. The molecule has 8 heteroatoms. The Kier molecular flexibility index (Phi) is 11.1. The van der Waals surface area contributed by atoms with Gasteiger partial charge in [-0.2, -0.15) is 0 Å². The molecule has 6 rings (SSSR count). The molecule has 0 spiro atoms. The first-order chi connectivity index (χ1) is 23.4. The lowest BCUT2D eigenvalue weighted by atomic mass is 10.1. The van der Waals surface area contributed by atoms with E-state index in [0.717, 1.165) is 59.3 Å². The van der Waals surface area contributed by atoms with Gasteiger partial charge in [-0.15, -0.1) is 0 Å². The molecule has 2 fully saturated rings. The number of carbonyl (C=O) groups excluding carboxylic acids is 2. The standard InChI is InChI=1S/C40H44N4O4/c45-37(27-31-9-3-1-4-10-31)43-25-7-13-35(43)39(47)41-33-21-17-29(18-22-33)15-16-30-19-23-34(24-20-30)42-40(48)36-14-8-26-44(36)38(46)28-32-11-5-2-6-12-32/h1-6,9-12,15-24,35-38,45-46H,7-8,13-14,25-28H2,(H,41,47)(H,42,48)/b16-15+/t35-,36-,37-,38-/m0/s1. The van der Waals surface area contributed by atoms with Crippen molar-refractivity contribution in [2.45, 2.75) is 63.1 Å². The van der Waals surface area contributed by atoms with Crippen molar-refractivity contribution in [3.63, 3.8) is 0 Å². The molecule has 0 saturated carbocycles. The number of aliphatic hydroxyl groups excluding tert-OH is 2. The lowest BCUT2D eigenvalue weighted by Gasteiger charge is -2.28. The molecule has 0 unspecified atom stereocenters. The van der Waals surface area contributed by atoms with Crippen LogP contribution in [-0.4, -0.2) is 69.5 Å². The minimum atomic E-state index is -0.703. The van der Waals surface area contributed by atoms with Crippen molar-refractivity contribution >= 4 is 35.3 Å². The zero-order valence-electron chi connectivity index (χ0n) is 27.1. The summed E-state index contributed by atoms with van der Waals surface area (Å²) in [5, 5.41) is 27.8. The number of nitrogens with one attached hydrogen (secondary N) is 2. The molecule has 2 aliphatic heterocycles. The van der Waals surface area contributed by atoms with E-state index >= 15 is 0 Å². The van der Waals surface area contributed by atoms with Crippen molar-refractivity contribution in [3.8, 4) is 0 Å². The Bertz CT molecular complexity index is 1540. The molecular weight excluding hydrogens is 600 g/mol. The Labute approximate surface area is 282 Å². The van der Waals surface area contributed by atoms with Crippen molar-refractivity contribution in [1.29, 1.82) is 0 Å². The van der Waals surface area contributed by atoms with Gasteiger partial charge < -0.3 is 20.8 Å². The van der Waals surface area contributed by atoms with Gasteiger partial charge in [-0.25, -0.2) is 0 Å². The third kappa shape index (κ3) is 8.65. The Morgan fingerprint density at radius 3 is 1.35 bits per heavy atom. The topological polar surface area (TPSA) is 105 Å². The second-order valence-electron chi connectivity index (χ2n) is 12.7. The van der Waals surface area contributed by atoms with Crippen molar-refractivity contribution in [2.24, 2.45) is 0 Å². The van der Waals surface area contributed by atoms with Crippen LogP contribution in [0.15, 0.2) is 109 Å². The number of carbonyl (C=O) groups is 2. The number of amides is 2. The molecule has 0 aromatic heterocycles. The summed E-state index contributed by atoms with van der Waals surface area (Å²) in [5.74, 6) is -0.196. The maximum absolute atomic E-state index is 13.1. The van der Waals surface area contributed by atoms with E-state index in [-0.39, 0.29) is 23.9 Å². The van der Waals surface area contributed by atoms with Crippen LogP contribution in [0.3, 0.4) is 0 Å². The second-order valence-corrected chi connectivity index (χ2v) is 12.7. The Balaban J connectivity index is 0.982. The van der Waals surface area contributed by atoms with Crippen LogP contribution in [-0.2, 0) is 22.4 Å². The molecule has 0 radical (unpaired) electrons. The number of hydrogen-bond acceptors (Lipinski definition) is 6. The highest BCUT2D eigenvalue weighted by Gasteiger charge is 2.36. The highest BCUT2D eigenvalue weighted by atomic mass is 16.3. The molecule has 4 atom stereocenters. The van der Waals surface area contributed by atoms with Crippen molar-refractivity contribution in [2.75, 3.05) is 23.7 Å². The molecule has 2 heterocycles. The van der Waals surface area contributed by atoms with Crippen LogP contribution < -0.4 is 10.6 Å². The quantitative estimate of drug-likeness (QED) is 0.146. The first-order valence-corrected chi connectivity index (χ1v) is 16.9. The van der Waals surface area contributed by atoms with E-state index in [1.807, 2.05) is 131 Å². The molecule has 8 nitrogen and oxygen atoms in total. The molecular formula is C40H44N4O4. The van der Waals surface area contributed by atoms with Crippen LogP contribution in [0.4, 0.5) is 11.4 Å². The van der Waals surface area contributed by atoms with Crippen molar-refractivity contribution < 1.29 is 19.8 Å². The number of nitrogens with zero attached hydrogens (tertiary/aromatic N) is 2. The monoisotopic (exact) mass is 644 g/mol. The molecule has 0 bridgehead atoms. The number of hydrogen-bond donors (Lipinski definition) is 4. The van der Waals surface area contributed by atoms with Gasteiger partial charge in [0, 0.05) is 37.3 Å². The zero-order chi connectivity index (χ0) is 33.3. The van der Waals surface area contributed by atoms with E-state index < -0.39 is 12.5 Å². The first kappa shape index (κ1) is 33.3. The fraction of sp³-hybridized carbons (Fsp3) is 0.300. The average molecular weight is 645 g/mol. The molecule has 4 N–H and O–H groups in total. The van der Waals surface area contributed by atoms with Crippen molar-refractivity contribution in [3.05, 3.63) is 131 Å². The number of anilines is 2. The highest BCUT2D eigenvalue weighted by Crippen LogP contribution is 2.25. The predicted octanol–water partition coefficient (Wildman–Crippen LogP) is 5.79. The van der Waals surface area contributed by atoms with E-state index in [1.54, 1.807) is 0 Å². The molecule has 4 aromatic carbocycles. The molecule has 4 aromatic rings. The molecule has 0 aliphatic carbocycles. The van der Waals surface area contributed by atoms with Crippen LogP contribution >= 0.6 is 0 Å². The second kappa shape index (κ2) is 16.0. The lowest BCUT2D eigenvalue weighted by Crippen LogP contribution is -2.46. The van der Waals surface area contributed by atoms with Gasteiger partial charge in [0.2, 0.25) is 11.8 Å². The summed E-state index contributed by atoms with van der Waals surface area (Å²) in [6.45, 7) is 1.39. The van der Waals surface area contributed by atoms with E-state index in [2.05, 4.69) is 10.6 Å². The molecule has 248 valence electrons. The van der Waals surface area contributed by atoms with Gasteiger partial charge >= 0.3 is 0 Å². The number of rotatable bonds is 12. The van der Waals surface area contributed by atoms with Gasteiger partial charge in [-0.1, -0.05) is 97.1 Å². The molecule has 48 heavy (non-hydrogen) atoms. The molecule has 2 amide bonds. The van der Waals surface area contributed by atoms with Crippen LogP contribution in [0.25, 0.3) is 12.2 Å². The number of benzene rings is 4. The molecule has 2 aliphatic rings. The minimum absolute atomic E-state index is 0.0981. The summed E-state index contributed by atoms with van der Waals surface area (Å²) < 4.78 is 0. The SMILES string of the molecule is O=C(Nc1ccc(/C=C/c2ccc(NC(=O)[C@@H]3CCCN3[C@@H](O)Cc3ccccc3)cc2)cc1)[C@@H]1CCCN1[C@@H](O)Cc1ccccc1. The summed E-state index contributed by atoms with van der Waals surface area (Å²) in [6, 6.07) is 34.4. The average Bonchev–Trinajstić information content (AvgIpc) is 3.81. The number of likely N-dealkylation sites (tertiary alicyclic amines) is 2. The van der Waals surface area contributed by atoms with Gasteiger partial charge in [0.15, 0.2) is 0 Å². The minimum Gasteiger partial charge on any atom is -0.378 e. The van der Waals surface area contributed by atoms with E-state index in [1.165, 1.54) is 0 Å². The Morgan fingerprint density at radius 2 is 0.979 bits per heavy atom. The zero-order valence-corrected chi connectivity index (χ0v) is 27.1. The van der Waals surface area contributed by atoms with Crippen LogP contribution in [0, 0.1) is 0 Å². The summed E-state index contributed by atoms with van der Waals surface area (Å²) in [5.41, 5.74) is 5.50. The lowest BCUT2D eigenvalue weighted by molar-refractivity contribution is -0.124. The predicted molar refractivity (Wildman–Crippen MR) is 191 cm³/mol. The fourth-order valence-corrected chi connectivity index (χ4v) is 6.74. The third-order valence-corrected chi connectivity index (χ3v) is 9.31. The fourth-order valence-electron chi connectivity index (χ4n) is 6.74. The summed E-state index contributed by atoms with van der Waals surface area (Å²) in [6.07, 6.45) is 6.76. The van der Waals surface area contributed by atoms with Crippen LogP contribution in [0.1, 0.15) is 47.9 Å². The van der Waals surface area contributed by atoms with E-state index in [4.69, 9.17) is 0 Å². The highest BCUT2D eigenvalue weighted by molar-refractivity contribution is 5.96. The van der Waals surface area contributed by atoms with Gasteiger partial charge in [0.05, 0.1) is 12.1 Å². The van der Waals surface area contributed by atoms with Gasteiger partial charge in [-0.3, -0.25) is 19.4 Å². The van der Waals surface area contributed by atoms with Gasteiger partial charge in [0.25, 0.3) is 0 Å².